The second-order valence-electron chi connectivity index (χ2n) is 4.07. The number of nitrogens with one attached hydrogen (secondary N) is 1. The number of benzene rings is 1. The van der Waals surface area contributed by atoms with E-state index in [1.807, 2.05) is 12.1 Å². The summed E-state index contributed by atoms with van der Waals surface area (Å²) in [6, 6.07) is 8.40. The van der Waals surface area contributed by atoms with E-state index in [4.69, 9.17) is 5.73 Å². The van der Waals surface area contributed by atoms with Gasteiger partial charge < -0.3 is 10.7 Å². The van der Waals surface area contributed by atoms with Gasteiger partial charge in [-0.2, -0.15) is 5.10 Å². The quantitative estimate of drug-likeness (QED) is 0.724. The van der Waals surface area contributed by atoms with Crippen molar-refractivity contribution in [2.24, 2.45) is 5.73 Å². The molecule has 5 heteroatoms. The summed E-state index contributed by atoms with van der Waals surface area (Å²) < 4.78 is 13.1. The first-order valence-electron chi connectivity index (χ1n) is 5.56. The van der Waals surface area contributed by atoms with Crippen LogP contribution in [-0.4, -0.2) is 15.2 Å². The Kier molecular flexibility index (Phi) is 2.53. The second-order valence-corrected chi connectivity index (χ2v) is 4.07. The Bertz CT molecular complexity index is 705. The third kappa shape index (κ3) is 1.84. The number of hydrogen-bond donors (Lipinski definition) is 2. The van der Waals surface area contributed by atoms with Crippen LogP contribution in [0, 0.1) is 5.82 Å². The van der Waals surface area contributed by atoms with Gasteiger partial charge in [-0.1, -0.05) is 0 Å². The van der Waals surface area contributed by atoms with Crippen LogP contribution in [0.15, 0.2) is 36.5 Å². The fourth-order valence-electron chi connectivity index (χ4n) is 1.89. The fraction of sp³-hybridized carbons (Fsp3) is 0.0769. The molecule has 0 radical (unpaired) electrons. The molecule has 0 saturated heterocycles. The van der Waals surface area contributed by atoms with E-state index in [0.29, 0.717) is 12.2 Å². The first kappa shape index (κ1) is 10.9. The van der Waals surface area contributed by atoms with Gasteiger partial charge in [0.1, 0.15) is 11.5 Å². The number of rotatable bonds is 2. The van der Waals surface area contributed by atoms with Crippen LogP contribution >= 0.6 is 0 Å². The number of hydrogen-bond acceptors (Lipinski definition) is 3. The van der Waals surface area contributed by atoms with Crippen LogP contribution in [0.5, 0.6) is 0 Å². The number of fused-ring (bicyclic) bond motifs is 1. The van der Waals surface area contributed by atoms with Crippen molar-refractivity contribution in [3.8, 4) is 11.4 Å². The minimum absolute atomic E-state index is 0.266. The van der Waals surface area contributed by atoms with Gasteiger partial charge in [-0.3, -0.25) is 0 Å². The first-order valence-corrected chi connectivity index (χ1v) is 5.56. The summed E-state index contributed by atoms with van der Waals surface area (Å²) in [5.74, 6) is -0.266. The molecule has 4 nitrogen and oxygen atoms in total. The van der Waals surface area contributed by atoms with Crippen LogP contribution < -0.4 is 5.73 Å². The molecule has 2 aromatic heterocycles. The maximum absolute atomic E-state index is 13.1. The summed E-state index contributed by atoms with van der Waals surface area (Å²) in [4.78, 5) is 3.12. The van der Waals surface area contributed by atoms with Gasteiger partial charge in [0.2, 0.25) is 0 Å². The molecule has 0 fully saturated rings. The van der Waals surface area contributed by atoms with Crippen molar-refractivity contribution in [1.29, 1.82) is 0 Å². The molecule has 0 atom stereocenters. The molecule has 2 heterocycles. The van der Waals surface area contributed by atoms with Crippen molar-refractivity contribution in [2.75, 3.05) is 0 Å². The maximum atomic E-state index is 13.1. The van der Waals surface area contributed by atoms with E-state index in [9.17, 15) is 4.39 Å². The molecule has 18 heavy (non-hydrogen) atoms. The van der Waals surface area contributed by atoms with E-state index < -0.39 is 0 Å². The lowest BCUT2D eigenvalue weighted by atomic mass is 10.2. The number of aromatic amines is 1. The molecule has 0 saturated carbocycles. The Morgan fingerprint density at radius 2 is 2.11 bits per heavy atom. The SMILES string of the molecule is NCc1cnnc(-c2cc3ccc(F)cc3[nH]2)c1. The minimum atomic E-state index is -0.266. The van der Waals surface area contributed by atoms with Crippen molar-refractivity contribution in [3.05, 3.63) is 47.9 Å². The molecule has 0 spiro atoms. The lowest BCUT2D eigenvalue weighted by Gasteiger charge is -1.98. The molecular weight excluding hydrogens is 231 g/mol. The van der Waals surface area contributed by atoms with Crippen molar-refractivity contribution in [3.63, 3.8) is 0 Å². The summed E-state index contributed by atoms with van der Waals surface area (Å²) in [5.41, 5.74) is 8.72. The van der Waals surface area contributed by atoms with Gasteiger partial charge >= 0.3 is 0 Å². The maximum Gasteiger partial charge on any atom is 0.125 e. The summed E-state index contributed by atoms with van der Waals surface area (Å²) in [7, 11) is 0. The first-order chi connectivity index (χ1) is 8.76. The molecule has 0 aliphatic rings. The Balaban J connectivity index is 2.13. The van der Waals surface area contributed by atoms with E-state index in [1.54, 1.807) is 12.3 Å². The molecule has 0 aliphatic heterocycles. The smallest absolute Gasteiger partial charge is 0.125 e. The Morgan fingerprint density at radius 1 is 1.22 bits per heavy atom. The molecular formula is C13H11FN4. The third-order valence-corrected chi connectivity index (χ3v) is 2.81. The van der Waals surface area contributed by atoms with Gasteiger partial charge in [0.25, 0.3) is 0 Å². The highest BCUT2D eigenvalue weighted by Crippen LogP contribution is 2.23. The predicted octanol–water partition coefficient (Wildman–Crippen LogP) is 2.22. The zero-order valence-corrected chi connectivity index (χ0v) is 9.52. The van der Waals surface area contributed by atoms with Crippen LogP contribution in [0.1, 0.15) is 5.56 Å². The van der Waals surface area contributed by atoms with Crippen LogP contribution in [0.25, 0.3) is 22.3 Å². The minimum Gasteiger partial charge on any atom is -0.353 e. The van der Waals surface area contributed by atoms with E-state index >= 15 is 0 Å². The highest BCUT2D eigenvalue weighted by molar-refractivity contribution is 5.85. The van der Waals surface area contributed by atoms with Crippen molar-refractivity contribution >= 4 is 10.9 Å². The van der Waals surface area contributed by atoms with Gasteiger partial charge in [0.05, 0.1) is 11.9 Å². The van der Waals surface area contributed by atoms with Crippen molar-refractivity contribution < 1.29 is 4.39 Å². The Hall–Kier alpha value is -2.27. The van der Waals surface area contributed by atoms with Gasteiger partial charge in [-0.25, -0.2) is 4.39 Å². The topological polar surface area (TPSA) is 67.6 Å². The molecule has 3 N–H and O–H groups in total. The monoisotopic (exact) mass is 242 g/mol. The molecule has 1 aromatic carbocycles. The van der Waals surface area contributed by atoms with Crippen LogP contribution in [-0.2, 0) is 6.54 Å². The summed E-state index contributed by atoms with van der Waals surface area (Å²) in [6.45, 7) is 0.414. The molecule has 0 bridgehead atoms. The van der Waals surface area contributed by atoms with Gasteiger partial charge in [-0.15, -0.1) is 5.10 Å². The largest absolute Gasteiger partial charge is 0.353 e. The van der Waals surface area contributed by atoms with Crippen LogP contribution in [0.2, 0.25) is 0 Å². The average Bonchev–Trinajstić information content (AvgIpc) is 2.81. The Morgan fingerprint density at radius 3 is 2.94 bits per heavy atom. The predicted molar refractivity (Wildman–Crippen MR) is 67.2 cm³/mol. The van der Waals surface area contributed by atoms with E-state index in [-0.39, 0.29) is 5.82 Å². The number of H-pyrrole nitrogens is 1. The highest BCUT2D eigenvalue weighted by atomic mass is 19.1. The lowest BCUT2D eigenvalue weighted by Crippen LogP contribution is -1.99. The van der Waals surface area contributed by atoms with Gasteiger partial charge in [0, 0.05) is 17.4 Å². The fourth-order valence-corrected chi connectivity index (χ4v) is 1.89. The molecule has 90 valence electrons. The van der Waals surface area contributed by atoms with E-state index in [1.165, 1.54) is 12.1 Å². The number of aromatic nitrogens is 3. The number of halogens is 1. The van der Waals surface area contributed by atoms with Gasteiger partial charge in [0.15, 0.2) is 0 Å². The van der Waals surface area contributed by atoms with E-state index in [0.717, 1.165) is 22.2 Å². The number of nitrogens with two attached hydrogens (primary N) is 1. The molecule has 0 unspecified atom stereocenters. The summed E-state index contributed by atoms with van der Waals surface area (Å²) >= 11 is 0. The molecule has 3 aromatic rings. The standard InChI is InChI=1S/C13H11FN4/c14-10-2-1-9-4-12(17-11(9)5-10)13-3-8(6-15)7-16-18-13/h1-5,7,17H,6,15H2. The van der Waals surface area contributed by atoms with Gasteiger partial charge in [-0.05, 0) is 35.9 Å². The Labute approximate surface area is 103 Å². The molecule has 0 amide bonds. The molecule has 3 rings (SSSR count). The van der Waals surface area contributed by atoms with Crippen molar-refractivity contribution in [2.45, 2.75) is 6.54 Å². The zero-order valence-electron chi connectivity index (χ0n) is 9.52. The third-order valence-electron chi connectivity index (χ3n) is 2.81. The highest BCUT2D eigenvalue weighted by Gasteiger charge is 2.06. The molecule has 0 aliphatic carbocycles. The number of nitrogens with zero attached hydrogens (tertiary/aromatic N) is 2. The van der Waals surface area contributed by atoms with E-state index in [2.05, 4.69) is 15.2 Å². The zero-order chi connectivity index (χ0) is 12.5. The average molecular weight is 242 g/mol. The summed E-state index contributed by atoms with van der Waals surface area (Å²) in [6.07, 6.45) is 1.63. The van der Waals surface area contributed by atoms with Crippen molar-refractivity contribution in [1.82, 2.24) is 15.2 Å². The lowest BCUT2D eigenvalue weighted by molar-refractivity contribution is 0.629. The normalized spacial score (nSPS) is 11.0. The second kappa shape index (κ2) is 4.19. The summed E-state index contributed by atoms with van der Waals surface area (Å²) in [5, 5.41) is 8.88. The van der Waals surface area contributed by atoms with Crippen LogP contribution in [0.3, 0.4) is 0 Å². The van der Waals surface area contributed by atoms with Crippen LogP contribution in [0.4, 0.5) is 4.39 Å².